The van der Waals surface area contributed by atoms with Crippen LogP contribution in [0.25, 0.3) is 10.2 Å². The molecule has 1 aliphatic heterocycles. The summed E-state index contributed by atoms with van der Waals surface area (Å²) in [6.45, 7) is 1.41. The van der Waals surface area contributed by atoms with Gasteiger partial charge in [0.2, 0.25) is 0 Å². The molecule has 2 fully saturated rings. The normalized spacial score (nSPS) is 23.1. The first-order chi connectivity index (χ1) is 14.5. The van der Waals surface area contributed by atoms with E-state index >= 15 is 0 Å². The lowest BCUT2D eigenvalue weighted by molar-refractivity contribution is 0.0148. The van der Waals surface area contributed by atoms with Gasteiger partial charge in [0, 0.05) is 12.7 Å². The number of pyridine rings is 1. The quantitative estimate of drug-likeness (QED) is 0.449. The lowest BCUT2D eigenvalue weighted by Crippen LogP contribution is -2.39. The van der Waals surface area contributed by atoms with Crippen LogP contribution in [0.4, 0.5) is 15.7 Å². The van der Waals surface area contributed by atoms with E-state index in [0.29, 0.717) is 28.3 Å². The number of carbonyl (C=O) groups excluding carboxylic acids is 1. The molecule has 164 valence electrons. The van der Waals surface area contributed by atoms with E-state index in [4.69, 9.17) is 27.9 Å². The number of ether oxygens (including phenoxy) is 1. The average Bonchev–Trinajstić information content (AvgIpc) is 3.29. The Kier molecular flexibility index (Phi) is 6.49. The minimum Gasteiger partial charge on any atom is -0.441 e. The Labute approximate surface area is 200 Å². The van der Waals surface area contributed by atoms with E-state index in [-0.39, 0.29) is 18.5 Å². The Morgan fingerprint density at radius 2 is 2.00 bits per heavy atom. The number of fused-ring (bicyclic) bond motifs is 1. The lowest BCUT2D eigenvalue weighted by atomic mass is 9.78. The smallest absolute Gasteiger partial charge is 0.416 e. The van der Waals surface area contributed by atoms with Crippen LogP contribution in [0.5, 0.6) is 0 Å². The first kappa shape index (κ1) is 22.4. The molecule has 6 nitrogen and oxygen atoms in total. The van der Waals surface area contributed by atoms with Crippen molar-refractivity contribution in [3.63, 3.8) is 0 Å². The number of nitrogens with zero attached hydrogens (tertiary/aromatic N) is 3. The van der Waals surface area contributed by atoms with Gasteiger partial charge in [-0.1, -0.05) is 40.6 Å². The number of hydrogen-bond acceptors (Lipinski definition) is 6. The van der Waals surface area contributed by atoms with E-state index in [1.165, 1.54) is 0 Å². The summed E-state index contributed by atoms with van der Waals surface area (Å²) >= 11 is 13.8. The number of rotatable bonds is 4. The Balaban J connectivity index is 0.00000231. The second-order valence-electron chi connectivity index (χ2n) is 7.90. The molecule has 0 bridgehead atoms. The van der Waals surface area contributed by atoms with E-state index < -0.39 is 5.60 Å². The molecule has 0 unspecified atom stereocenters. The number of halogens is 3. The van der Waals surface area contributed by atoms with E-state index in [1.807, 2.05) is 24.3 Å². The molecule has 2 aromatic heterocycles. The Hall–Kier alpha value is -1.80. The summed E-state index contributed by atoms with van der Waals surface area (Å²) in [6, 6.07) is 9.22. The topological polar surface area (TPSA) is 67.3 Å². The number of benzene rings is 1. The molecule has 1 saturated heterocycles. The summed E-state index contributed by atoms with van der Waals surface area (Å²) in [4.78, 5) is 22.9. The largest absolute Gasteiger partial charge is 0.441 e. The highest BCUT2D eigenvalue weighted by Gasteiger charge is 2.47. The highest BCUT2D eigenvalue weighted by atomic mass is 35.5. The van der Waals surface area contributed by atoms with Crippen LogP contribution in [0.2, 0.25) is 10.0 Å². The highest BCUT2D eigenvalue weighted by Crippen LogP contribution is 2.41. The maximum Gasteiger partial charge on any atom is 0.416 e. The van der Waals surface area contributed by atoms with Crippen LogP contribution < -0.4 is 10.2 Å². The molecule has 1 aromatic carbocycles. The zero-order valence-corrected chi connectivity index (χ0v) is 19.7. The molecule has 10 heteroatoms. The molecule has 0 radical (unpaired) electrons. The number of anilines is 2. The molecule has 3 heterocycles. The summed E-state index contributed by atoms with van der Waals surface area (Å²) in [5, 5.41) is 5.39. The molecule has 1 spiro atoms. The molecule has 2 aliphatic rings. The van der Waals surface area contributed by atoms with Crippen LogP contribution in [0.1, 0.15) is 25.7 Å². The molecule has 0 atom stereocenters. The van der Waals surface area contributed by atoms with Crippen molar-refractivity contribution >= 4 is 74.2 Å². The molecule has 31 heavy (non-hydrogen) atoms. The number of nitrogens with one attached hydrogen (secondary N) is 1. The van der Waals surface area contributed by atoms with Gasteiger partial charge in [-0.05, 0) is 55.9 Å². The van der Waals surface area contributed by atoms with Crippen LogP contribution in [-0.2, 0) is 4.74 Å². The van der Waals surface area contributed by atoms with Gasteiger partial charge < -0.3 is 10.1 Å². The van der Waals surface area contributed by atoms with E-state index in [1.54, 1.807) is 28.5 Å². The number of hydrogen-bond donors (Lipinski definition) is 1. The summed E-state index contributed by atoms with van der Waals surface area (Å²) in [5.41, 5.74) is 0.459. The van der Waals surface area contributed by atoms with Crippen LogP contribution in [0, 0.1) is 5.92 Å². The third-order valence-electron chi connectivity index (χ3n) is 5.89. The van der Waals surface area contributed by atoms with Gasteiger partial charge in [0.25, 0.3) is 0 Å². The monoisotopic (exact) mass is 498 g/mol. The number of carbonyl (C=O) groups is 1. The predicted molar refractivity (Wildman–Crippen MR) is 128 cm³/mol. The molecular formula is C21H21Cl3N4O2S. The zero-order valence-electron chi connectivity index (χ0n) is 16.5. The van der Waals surface area contributed by atoms with Gasteiger partial charge in [-0.15, -0.1) is 12.4 Å². The van der Waals surface area contributed by atoms with Crippen molar-refractivity contribution in [2.24, 2.45) is 5.92 Å². The molecule has 1 saturated carbocycles. The fraction of sp³-hybridized carbons (Fsp3) is 0.381. The molecule has 3 aromatic rings. The predicted octanol–water partition coefficient (Wildman–Crippen LogP) is 6.42. The fourth-order valence-electron chi connectivity index (χ4n) is 4.21. The number of amides is 1. The van der Waals surface area contributed by atoms with Crippen LogP contribution in [0.3, 0.4) is 0 Å². The van der Waals surface area contributed by atoms with Gasteiger partial charge in [-0.2, -0.15) is 0 Å². The van der Waals surface area contributed by atoms with E-state index in [9.17, 15) is 4.79 Å². The standard InChI is InChI=1S/C21H20Cl2N4O2S.ClH/c22-14-9-16-17(10-15(14)23)30-19(26-16)25-11-13-4-6-21(7-5-13)12-27(20(28)29-21)18-3-1-2-8-24-18;/h1-3,8-10,13H,4-7,11-12H2,(H,25,26);1H. The van der Waals surface area contributed by atoms with Crippen LogP contribution in [-0.4, -0.2) is 34.8 Å². The van der Waals surface area contributed by atoms with Gasteiger partial charge in [0.15, 0.2) is 5.13 Å². The minimum absolute atomic E-state index is 0. The minimum atomic E-state index is -0.394. The molecule has 1 amide bonds. The summed E-state index contributed by atoms with van der Waals surface area (Å²) in [6.07, 6.45) is 5.12. The van der Waals surface area contributed by atoms with Crippen molar-refractivity contribution in [3.8, 4) is 0 Å². The maximum absolute atomic E-state index is 12.4. The number of aromatic nitrogens is 2. The second kappa shape index (κ2) is 8.98. The second-order valence-corrected chi connectivity index (χ2v) is 9.75. The van der Waals surface area contributed by atoms with Gasteiger partial charge in [-0.3, -0.25) is 4.90 Å². The van der Waals surface area contributed by atoms with Crippen molar-refractivity contribution in [1.29, 1.82) is 0 Å². The average molecular weight is 500 g/mol. The van der Waals surface area contributed by atoms with Gasteiger partial charge in [0.1, 0.15) is 11.4 Å². The molecule has 1 aliphatic carbocycles. The Morgan fingerprint density at radius 3 is 2.74 bits per heavy atom. The Bertz CT molecular complexity index is 1050. The highest BCUT2D eigenvalue weighted by molar-refractivity contribution is 7.22. The molecular weight excluding hydrogens is 479 g/mol. The van der Waals surface area contributed by atoms with Crippen molar-refractivity contribution in [2.45, 2.75) is 31.3 Å². The fourth-order valence-corrected chi connectivity index (χ4v) is 5.49. The van der Waals surface area contributed by atoms with Gasteiger partial charge >= 0.3 is 6.09 Å². The Morgan fingerprint density at radius 1 is 1.23 bits per heavy atom. The SMILES string of the molecule is Cl.O=C1OC2(CCC(CNc3nc4cc(Cl)c(Cl)cc4s3)CC2)CN1c1ccccn1. The number of thiazole rings is 1. The molecule has 5 rings (SSSR count). The van der Waals surface area contributed by atoms with Crippen molar-refractivity contribution in [3.05, 3.63) is 46.6 Å². The third-order valence-corrected chi connectivity index (χ3v) is 7.58. The van der Waals surface area contributed by atoms with Crippen LogP contribution >= 0.6 is 46.9 Å². The van der Waals surface area contributed by atoms with Crippen molar-refractivity contribution in [2.75, 3.05) is 23.3 Å². The lowest BCUT2D eigenvalue weighted by Gasteiger charge is -2.35. The summed E-state index contributed by atoms with van der Waals surface area (Å²) in [5.74, 6) is 1.16. The third kappa shape index (κ3) is 4.55. The molecule has 1 N–H and O–H groups in total. The van der Waals surface area contributed by atoms with E-state index in [0.717, 1.165) is 47.6 Å². The summed E-state index contributed by atoms with van der Waals surface area (Å²) < 4.78 is 6.84. The van der Waals surface area contributed by atoms with Gasteiger partial charge in [-0.25, -0.2) is 14.8 Å². The first-order valence-corrected chi connectivity index (χ1v) is 11.5. The maximum atomic E-state index is 12.4. The van der Waals surface area contributed by atoms with Crippen LogP contribution in [0.15, 0.2) is 36.5 Å². The van der Waals surface area contributed by atoms with Crippen molar-refractivity contribution in [1.82, 2.24) is 9.97 Å². The zero-order chi connectivity index (χ0) is 20.7. The van der Waals surface area contributed by atoms with Gasteiger partial charge in [0.05, 0.1) is 26.8 Å². The summed E-state index contributed by atoms with van der Waals surface area (Å²) in [7, 11) is 0. The van der Waals surface area contributed by atoms with E-state index in [2.05, 4.69) is 15.3 Å². The first-order valence-electron chi connectivity index (χ1n) is 9.92. The van der Waals surface area contributed by atoms with Crippen molar-refractivity contribution < 1.29 is 9.53 Å².